The van der Waals surface area contributed by atoms with E-state index < -0.39 is 29.4 Å². The number of nitrogens with zero attached hydrogens (tertiary/aromatic N) is 2. The number of carbonyl (C=O) groups is 2. The van der Waals surface area contributed by atoms with Gasteiger partial charge in [0.15, 0.2) is 5.69 Å². The molecule has 2 amide bonds. The molecule has 2 N–H and O–H groups in total. The van der Waals surface area contributed by atoms with Gasteiger partial charge in [-0.15, -0.1) is 0 Å². The van der Waals surface area contributed by atoms with Gasteiger partial charge >= 0.3 is 18.2 Å². The van der Waals surface area contributed by atoms with Crippen molar-refractivity contribution in [1.82, 2.24) is 20.4 Å². The summed E-state index contributed by atoms with van der Waals surface area (Å²) < 4.78 is 60.3. The zero-order chi connectivity index (χ0) is 24.3. The Labute approximate surface area is 191 Å². The van der Waals surface area contributed by atoms with Crippen LogP contribution in [0, 0.1) is 5.82 Å². The number of alkyl halides is 3. The van der Waals surface area contributed by atoms with Gasteiger partial charge in [-0.1, -0.05) is 30.3 Å². The van der Waals surface area contributed by atoms with Crippen molar-refractivity contribution in [2.45, 2.75) is 25.1 Å². The summed E-state index contributed by atoms with van der Waals surface area (Å²) in [5, 5.41) is 8.89. The van der Waals surface area contributed by atoms with Gasteiger partial charge in [-0.2, -0.15) is 18.3 Å². The molecule has 7 nitrogen and oxygen atoms in total. The van der Waals surface area contributed by atoms with Crippen molar-refractivity contribution < 1.29 is 31.9 Å². The smallest absolute Gasteiger partial charge is 0.434 e. The lowest BCUT2D eigenvalue weighted by Gasteiger charge is -2.15. The van der Waals surface area contributed by atoms with Crippen molar-refractivity contribution in [1.29, 1.82) is 0 Å². The average molecular weight is 476 g/mol. The van der Waals surface area contributed by atoms with Crippen LogP contribution >= 0.6 is 0 Å². The van der Waals surface area contributed by atoms with E-state index >= 15 is 0 Å². The number of hydrogen-bond donors (Lipinski definition) is 2. The number of rotatable bonds is 6. The van der Waals surface area contributed by atoms with Crippen LogP contribution in [0.1, 0.15) is 39.6 Å². The first kappa shape index (κ1) is 23.3. The molecule has 0 saturated heterocycles. The topological polar surface area (TPSA) is 85.2 Å². The molecule has 0 radical (unpaired) electrons. The van der Waals surface area contributed by atoms with Crippen LogP contribution in [0.15, 0.2) is 54.7 Å². The van der Waals surface area contributed by atoms with Crippen molar-refractivity contribution in [3.05, 3.63) is 82.9 Å². The number of esters is 1. The highest BCUT2D eigenvalue weighted by Gasteiger charge is 2.41. The lowest BCUT2D eigenvalue weighted by atomic mass is 10.1. The van der Waals surface area contributed by atoms with Crippen molar-refractivity contribution in [2.24, 2.45) is 0 Å². The first-order valence-corrected chi connectivity index (χ1v) is 10.4. The average Bonchev–Trinajstić information content (AvgIpc) is 3.43. The van der Waals surface area contributed by atoms with Gasteiger partial charge in [0.2, 0.25) is 0 Å². The third-order valence-electron chi connectivity index (χ3n) is 5.40. The molecule has 178 valence electrons. The summed E-state index contributed by atoms with van der Waals surface area (Å²) in [5.74, 6) is -1.53. The zero-order valence-corrected chi connectivity index (χ0v) is 17.7. The van der Waals surface area contributed by atoms with Gasteiger partial charge in [0.25, 0.3) is 0 Å². The molecule has 0 aliphatic heterocycles. The summed E-state index contributed by atoms with van der Waals surface area (Å²) >= 11 is 0. The van der Waals surface area contributed by atoms with Crippen LogP contribution in [0.5, 0.6) is 0 Å². The van der Waals surface area contributed by atoms with Crippen LogP contribution in [0.3, 0.4) is 0 Å². The predicted octanol–water partition coefficient (Wildman–Crippen LogP) is 4.17. The molecule has 0 bridgehead atoms. The minimum Gasteiger partial charge on any atom is -0.460 e. The molecule has 1 heterocycles. The second kappa shape index (κ2) is 9.54. The molecule has 1 aromatic heterocycles. The lowest BCUT2D eigenvalue weighted by Crippen LogP contribution is -2.39. The first-order valence-electron chi connectivity index (χ1n) is 10.4. The number of para-hydroxylation sites is 1. The minimum atomic E-state index is -4.85. The maximum atomic E-state index is 13.8. The number of urea groups is 1. The second-order valence-electron chi connectivity index (χ2n) is 7.59. The van der Waals surface area contributed by atoms with Gasteiger partial charge in [-0.3, -0.25) is 0 Å². The number of halogens is 4. The number of aromatic nitrogens is 2. The van der Waals surface area contributed by atoms with E-state index in [1.807, 2.05) is 0 Å². The molecule has 3 aromatic rings. The van der Waals surface area contributed by atoms with Gasteiger partial charge in [-0.05, 0) is 42.2 Å². The quantitative estimate of drug-likeness (QED) is 0.318. The van der Waals surface area contributed by atoms with Crippen LogP contribution in [0.2, 0.25) is 0 Å². The Morgan fingerprint density at radius 1 is 1.12 bits per heavy atom. The number of fused-ring (bicyclic) bond motifs is 1. The maximum Gasteiger partial charge on any atom is 0.434 e. The van der Waals surface area contributed by atoms with E-state index in [1.54, 1.807) is 30.3 Å². The van der Waals surface area contributed by atoms with Crippen molar-refractivity contribution in [3.63, 3.8) is 0 Å². The summed E-state index contributed by atoms with van der Waals surface area (Å²) in [6.07, 6.45) is -3.00. The fraction of sp³-hybridized carbons (Fsp3) is 0.261. The molecule has 4 rings (SSSR count). The highest BCUT2D eigenvalue weighted by molar-refractivity contribution is 5.90. The number of amides is 2. The zero-order valence-electron chi connectivity index (χ0n) is 17.7. The summed E-state index contributed by atoms with van der Waals surface area (Å²) in [6, 6.07) is 11.4. The number of ether oxygens (including phenoxy) is 1. The van der Waals surface area contributed by atoms with Gasteiger partial charge in [0.05, 0.1) is 24.5 Å². The molecular formula is C23H20F4N4O3. The van der Waals surface area contributed by atoms with Crippen molar-refractivity contribution in [2.75, 3.05) is 13.2 Å². The van der Waals surface area contributed by atoms with Gasteiger partial charge < -0.3 is 15.4 Å². The molecule has 34 heavy (non-hydrogen) atoms. The maximum absolute atomic E-state index is 13.8. The van der Waals surface area contributed by atoms with Crippen molar-refractivity contribution >= 4 is 12.0 Å². The van der Waals surface area contributed by atoms with Crippen LogP contribution in [0.25, 0.3) is 5.69 Å². The Bertz CT molecular complexity index is 1190. The molecule has 11 heteroatoms. The standard InChI is InChI=1S/C23H20F4N4O3/c24-18-8-4-7-16-15(18)9-10-19(16)30-22(33)28-11-12-34-21(32)17-13-29-31(20(17)23(25,26)27)14-5-2-1-3-6-14/h1-8,13,19H,9-12H2,(H2,28,30,33). The first-order chi connectivity index (χ1) is 16.3. The van der Waals surface area contributed by atoms with Gasteiger partial charge in [-0.25, -0.2) is 18.7 Å². The highest BCUT2D eigenvalue weighted by Crippen LogP contribution is 2.34. The normalized spacial score (nSPS) is 15.0. The third-order valence-corrected chi connectivity index (χ3v) is 5.40. The largest absolute Gasteiger partial charge is 0.460 e. The summed E-state index contributed by atoms with van der Waals surface area (Å²) in [5.41, 5.74) is -0.567. The molecule has 1 aliphatic rings. The van der Waals surface area contributed by atoms with E-state index in [9.17, 15) is 27.2 Å². The number of hydrogen-bond acceptors (Lipinski definition) is 4. The molecular weight excluding hydrogens is 456 g/mol. The summed E-state index contributed by atoms with van der Waals surface area (Å²) in [4.78, 5) is 24.4. The monoisotopic (exact) mass is 476 g/mol. The molecule has 0 saturated carbocycles. The van der Waals surface area contributed by atoms with Crippen LogP contribution in [-0.2, 0) is 17.3 Å². The summed E-state index contributed by atoms with van der Waals surface area (Å²) in [7, 11) is 0. The van der Waals surface area contributed by atoms with Crippen LogP contribution in [0.4, 0.5) is 22.4 Å². The van der Waals surface area contributed by atoms with E-state index in [0.29, 0.717) is 28.7 Å². The third kappa shape index (κ3) is 4.87. The Hall–Kier alpha value is -3.89. The van der Waals surface area contributed by atoms with Gasteiger partial charge in [0, 0.05) is 0 Å². The Balaban J connectivity index is 1.32. The molecule has 1 atom stereocenters. The number of carbonyl (C=O) groups excluding carboxylic acids is 2. The van der Waals surface area contributed by atoms with E-state index in [4.69, 9.17) is 4.74 Å². The lowest BCUT2D eigenvalue weighted by molar-refractivity contribution is -0.143. The van der Waals surface area contributed by atoms with Crippen LogP contribution < -0.4 is 10.6 Å². The Morgan fingerprint density at radius 2 is 1.88 bits per heavy atom. The predicted molar refractivity (Wildman–Crippen MR) is 113 cm³/mol. The van der Waals surface area contributed by atoms with Crippen LogP contribution in [-0.4, -0.2) is 34.9 Å². The fourth-order valence-corrected chi connectivity index (χ4v) is 3.89. The number of nitrogens with one attached hydrogen (secondary N) is 2. The minimum absolute atomic E-state index is 0.130. The van der Waals surface area contributed by atoms with Gasteiger partial charge in [0.1, 0.15) is 18.0 Å². The van der Waals surface area contributed by atoms with E-state index in [0.717, 1.165) is 6.20 Å². The van der Waals surface area contributed by atoms with E-state index in [2.05, 4.69) is 15.7 Å². The second-order valence-corrected chi connectivity index (χ2v) is 7.59. The van der Waals surface area contributed by atoms with E-state index in [1.165, 1.54) is 18.2 Å². The SMILES string of the molecule is O=C(NCCOC(=O)c1cnn(-c2ccccc2)c1C(F)(F)F)NC1CCc2c(F)cccc21. The fourth-order valence-electron chi connectivity index (χ4n) is 3.89. The molecule has 0 fully saturated rings. The highest BCUT2D eigenvalue weighted by atomic mass is 19.4. The molecule has 2 aromatic carbocycles. The molecule has 1 aliphatic carbocycles. The Morgan fingerprint density at radius 3 is 2.62 bits per heavy atom. The van der Waals surface area contributed by atoms with Crippen molar-refractivity contribution in [3.8, 4) is 5.69 Å². The Kier molecular flexibility index (Phi) is 6.53. The van der Waals surface area contributed by atoms with E-state index in [-0.39, 0.29) is 30.7 Å². The molecule has 0 spiro atoms. The summed E-state index contributed by atoms with van der Waals surface area (Å²) in [6.45, 7) is -0.482. The molecule has 1 unspecified atom stereocenters. The number of benzene rings is 2.